The maximum absolute atomic E-state index is 6.00. The van der Waals surface area contributed by atoms with Crippen LogP contribution in [0.4, 0.5) is 0 Å². The van der Waals surface area contributed by atoms with Crippen molar-refractivity contribution in [1.29, 1.82) is 0 Å². The van der Waals surface area contributed by atoms with E-state index in [1.54, 1.807) is 0 Å². The molecule has 0 aliphatic rings. The predicted molar refractivity (Wildman–Crippen MR) is 111 cm³/mol. The summed E-state index contributed by atoms with van der Waals surface area (Å²) in [6.45, 7) is 6.19. The summed E-state index contributed by atoms with van der Waals surface area (Å²) in [4.78, 5) is 0. The zero-order valence-electron chi connectivity index (χ0n) is 15.3. The van der Waals surface area contributed by atoms with E-state index >= 15 is 0 Å². The smallest absolute Gasteiger partial charge is 0.128 e. The average Bonchev–Trinajstić information content (AvgIpc) is 2.70. The van der Waals surface area contributed by atoms with Crippen LogP contribution in [0.25, 0.3) is 10.8 Å². The molecule has 133 valence electrons. The topological polar surface area (TPSA) is 18.5 Å². The fourth-order valence-corrected chi connectivity index (χ4v) is 2.95. The quantitative estimate of drug-likeness (QED) is 0.373. The Hall–Kier alpha value is -3.26. The SMILES string of the molecule is [CH2]C(C)c1ccc2cc(Oc3ccc(Oc4ccccc4)cc3)ccc2c1. The Morgan fingerprint density at radius 1 is 0.593 bits per heavy atom. The number of ether oxygens (including phenoxy) is 2. The van der Waals surface area contributed by atoms with E-state index in [0.29, 0.717) is 0 Å². The Labute approximate surface area is 160 Å². The van der Waals surface area contributed by atoms with Crippen LogP contribution in [0.15, 0.2) is 91.0 Å². The summed E-state index contributed by atoms with van der Waals surface area (Å²) in [5, 5.41) is 2.35. The Balaban J connectivity index is 1.49. The van der Waals surface area contributed by atoms with Crippen molar-refractivity contribution in [2.75, 3.05) is 0 Å². The zero-order valence-corrected chi connectivity index (χ0v) is 15.3. The van der Waals surface area contributed by atoms with Crippen molar-refractivity contribution in [3.8, 4) is 23.0 Å². The number of benzene rings is 4. The summed E-state index contributed by atoms with van der Waals surface area (Å²) < 4.78 is 11.8. The second kappa shape index (κ2) is 7.55. The largest absolute Gasteiger partial charge is 0.457 e. The standard InChI is InChI=1S/C25H21O2/c1-18(2)19-8-9-21-17-25(11-10-20(21)16-19)27-24-14-12-23(13-15-24)26-22-6-4-3-5-7-22/h3-18H,1H2,2H3. The van der Waals surface area contributed by atoms with Gasteiger partial charge in [-0.2, -0.15) is 0 Å². The molecule has 0 bridgehead atoms. The summed E-state index contributed by atoms with van der Waals surface area (Å²) >= 11 is 0. The van der Waals surface area contributed by atoms with Crippen molar-refractivity contribution >= 4 is 10.8 Å². The van der Waals surface area contributed by atoms with Crippen LogP contribution in [0.2, 0.25) is 0 Å². The molecule has 4 rings (SSSR count). The normalized spacial score (nSPS) is 10.9. The second-order valence-electron chi connectivity index (χ2n) is 6.66. The number of rotatable bonds is 5. The van der Waals surface area contributed by atoms with Crippen LogP contribution in [0, 0.1) is 6.92 Å². The number of hydrogen-bond acceptors (Lipinski definition) is 2. The molecule has 1 unspecified atom stereocenters. The predicted octanol–water partition coefficient (Wildman–Crippen LogP) is 7.36. The first-order valence-electron chi connectivity index (χ1n) is 9.05. The van der Waals surface area contributed by atoms with Gasteiger partial charge in [0.15, 0.2) is 0 Å². The van der Waals surface area contributed by atoms with E-state index < -0.39 is 0 Å². The van der Waals surface area contributed by atoms with Crippen molar-refractivity contribution in [2.24, 2.45) is 0 Å². The molecule has 0 heterocycles. The minimum Gasteiger partial charge on any atom is -0.457 e. The lowest BCUT2D eigenvalue weighted by molar-refractivity contribution is 0.469. The van der Waals surface area contributed by atoms with Crippen molar-refractivity contribution in [1.82, 2.24) is 0 Å². The molecular formula is C25H21O2. The summed E-state index contributed by atoms with van der Waals surface area (Å²) in [5.41, 5.74) is 1.24. The van der Waals surface area contributed by atoms with Crippen LogP contribution in [-0.4, -0.2) is 0 Å². The maximum Gasteiger partial charge on any atom is 0.128 e. The molecule has 0 aliphatic carbocycles. The Bertz CT molecular complexity index is 1030. The molecule has 0 saturated carbocycles. The van der Waals surface area contributed by atoms with Crippen molar-refractivity contribution in [3.05, 3.63) is 103 Å². The molecule has 4 aromatic rings. The first-order chi connectivity index (χ1) is 13.2. The van der Waals surface area contributed by atoms with E-state index in [1.807, 2.05) is 60.7 Å². The molecule has 0 aromatic heterocycles. The van der Waals surface area contributed by atoms with Crippen molar-refractivity contribution in [3.63, 3.8) is 0 Å². The van der Waals surface area contributed by atoms with Gasteiger partial charge in [0, 0.05) is 0 Å². The highest BCUT2D eigenvalue weighted by Gasteiger charge is 2.04. The van der Waals surface area contributed by atoms with Crippen molar-refractivity contribution in [2.45, 2.75) is 12.8 Å². The van der Waals surface area contributed by atoms with Gasteiger partial charge in [0.05, 0.1) is 0 Å². The van der Waals surface area contributed by atoms with E-state index in [-0.39, 0.29) is 5.92 Å². The van der Waals surface area contributed by atoms with E-state index in [4.69, 9.17) is 9.47 Å². The Morgan fingerprint density at radius 3 is 1.78 bits per heavy atom. The van der Waals surface area contributed by atoms with E-state index in [9.17, 15) is 0 Å². The summed E-state index contributed by atoms with van der Waals surface area (Å²) in [6.07, 6.45) is 0. The molecular weight excluding hydrogens is 332 g/mol. The average molecular weight is 353 g/mol. The first-order valence-corrected chi connectivity index (χ1v) is 9.05. The van der Waals surface area contributed by atoms with E-state index in [0.717, 1.165) is 28.4 Å². The molecule has 2 nitrogen and oxygen atoms in total. The molecule has 27 heavy (non-hydrogen) atoms. The zero-order chi connectivity index (χ0) is 18.6. The highest BCUT2D eigenvalue weighted by Crippen LogP contribution is 2.29. The Morgan fingerprint density at radius 2 is 1.11 bits per heavy atom. The molecule has 1 atom stereocenters. The van der Waals surface area contributed by atoms with Crippen LogP contribution in [-0.2, 0) is 0 Å². The third kappa shape index (κ3) is 4.12. The van der Waals surface area contributed by atoms with Gasteiger partial charge in [-0.05, 0) is 77.7 Å². The lowest BCUT2D eigenvalue weighted by Crippen LogP contribution is -1.88. The van der Waals surface area contributed by atoms with Gasteiger partial charge in [0.25, 0.3) is 0 Å². The fourth-order valence-electron chi connectivity index (χ4n) is 2.95. The maximum atomic E-state index is 6.00. The third-order valence-electron chi connectivity index (χ3n) is 4.44. The Kier molecular flexibility index (Phi) is 4.80. The van der Waals surface area contributed by atoms with Gasteiger partial charge in [0.1, 0.15) is 23.0 Å². The molecule has 0 aliphatic heterocycles. The number of fused-ring (bicyclic) bond motifs is 1. The summed E-state index contributed by atoms with van der Waals surface area (Å²) in [6, 6.07) is 29.9. The van der Waals surface area contributed by atoms with E-state index in [1.165, 1.54) is 10.9 Å². The molecule has 2 heteroatoms. The molecule has 0 N–H and O–H groups in total. The number of hydrogen-bond donors (Lipinski definition) is 0. The lowest BCUT2D eigenvalue weighted by Gasteiger charge is -2.10. The van der Waals surface area contributed by atoms with Crippen LogP contribution < -0.4 is 9.47 Å². The molecule has 0 spiro atoms. The summed E-state index contributed by atoms with van der Waals surface area (Å²) in [5.74, 6) is 3.47. The molecule has 0 amide bonds. The highest BCUT2D eigenvalue weighted by atomic mass is 16.5. The highest BCUT2D eigenvalue weighted by molar-refractivity contribution is 5.84. The summed E-state index contributed by atoms with van der Waals surface area (Å²) in [7, 11) is 0. The number of para-hydroxylation sites is 1. The molecule has 1 radical (unpaired) electrons. The minimum absolute atomic E-state index is 0.280. The molecule has 4 aromatic carbocycles. The van der Waals surface area contributed by atoms with Gasteiger partial charge in [0.2, 0.25) is 0 Å². The van der Waals surface area contributed by atoms with Gasteiger partial charge >= 0.3 is 0 Å². The monoisotopic (exact) mass is 353 g/mol. The van der Waals surface area contributed by atoms with Crippen LogP contribution in [0.1, 0.15) is 18.4 Å². The minimum atomic E-state index is 0.280. The van der Waals surface area contributed by atoms with Crippen LogP contribution in [0.5, 0.6) is 23.0 Å². The lowest BCUT2D eigenvalue weighted by atomic mass is 9.99. The van der Waals surface area contributed by atoms with Gasteiger partial charge in [-0.25, -0.2) is 0 Å². The third-order valence-corrected chi connectivity index (χ3v) is 4.44. The first kappa shape index (κ1) is 17.2. The van der Waals surface area contributed by atoms with Gasteiger partial charge in [-0.1, -0.05) is 49.4 Å². The van der Waals surface area contributed by atoms with Gasteiger partial charge in [-0.3, -0.25) is 0 Å². The molecule has 0 fully saturated rings. The second-order valence-corrected chi connectivity index (χ2v) is 6.66. The van der Waals surface area contributed by atoms with Crippen molar-refractivity contribution < 1.29 is 9.47 Å². The van der Waals surface area contributed by atoms with Crippen LogP contribution in [0.3, 0.4) is 0 Å². The molecule has 0 saturated heterocycles. The van der Waals surface area contributed by atoms with Gasteiger partial charge in [-0.15, -0.1) is 0 Å². The fraction of sp³-hybridized carbons (Fsp3) is 0.0800. The van der Waals surface area contributed by atoms with Gasteiger partial charge < -0.3 is 9.47 Å². The van der Waals surface area contributed by atoms with E-state index in [2.05, 4.69) is 44.2 Å². The van der Waals surface area contributed by atoms with Crippen LogP contribution >= 0.6 is 0 Å².